The molecule has 4 nitrogen and oxygen atoms in total. The maximum Gasteiger partial charge on any atom is 0.160 e. The Labute approximate surface area is 272 Å². The second-order valence-electron chi connectivity index (χ2n) is 11.8. The molecule has 1 aliphatic heterocycles. The molecule has 7 aromatic carbocycles. The van der Waals surface area contributed by atoms with E-state index < -0.39 is 0 Å². The number of furan rings is 1. The van der Waals surface area contributed by atoms with Gasteiger partial charge in [-0.05, 0) is 63.4 Å². The summed E-state index contributed by atoms with van der Waals surface area (Å²) < 4.78 is 6.56. The Morgan fingerprint density at radius 1 is 0.511 bits per heavy atom. The maximum absolute atomic E-state index is 6.56. The van der Waals surface area contributed by atoms with Crippen LogP contribution in [-0.2, 0) is 0 Å². The minimum Gasteiger partial charge on any atom is -0.455 e. The molecule has 0 saturated carbocycles. The molecule has 2 heterocycles. The lowest BCUT2D eigenvalue weighted by Crippen LogP contribution is -2.33. The molecule has 222 valence electrons. The topological polar surface area (TPSA) is 49.9 Å². The minimum atomic E-state index is -0.308. The number of hydrogen-bond acceptors (Lipinski definition) is 4. The van der Waals surface area contributed by atoms with E-state index in [0.717, 1.165) is 61.0 Å². The third kappa shape index (κ3) is 4.88. The van der Waals surface area contributed by atoms with Crippen LogP contribution in [0.4, 0.5) is 0 Å². The van der Waals surface area contributed by atoms with E-state index in [-0.39, 0.29) is 6.17 Å². The number of rotatable bonds is 5. The lowest BCUT2D eigenvalue weighted by molar-refractivity contribution is 0.669. The Hall–Kier alpha value is -6.26. The molecule has 0 spiro atoms. The summed E-state index contributed by atoms with van der Waals surface area (Å²) in [4.78, 5) is 10.4. The van der Waals surface area contributed by atoms with Gasteiger partial charge < -0.3 is 9.73 Å². The molecule has 0 amide bonds. The average Bonchev–Trinajstić information content (AvgIpc) is 3.55. The van der Waals surface area contributed by atoms with Crippen molar-refractivity contribution < 1.29 is 4.42 Å². The number of hydrogen-bond donors (Lipinski definition) is 1. The van der Waals surface area contributed by atoms with E-state index in [1.807, 2.05) is 30.3 Å². The van der Waals surface area contributed by atoms with Gasteiger partial charge in [0.05, 0.1) is 0 Å². The van der Waals surface area contributed by atoms with Gasteiger partial charge >= 0.3 is 0 Å². The van der Waals surface area contributed by atoms with Crippen molar-refractivity contribution in [2.24, 2.45) is 9.98 Å². The summed E-state index contributed by atoms with van der Waals surface area (Å²) in [5.74, 6) is 1.45. The molecule has 0 bridgehead atoms. The Balaban J connectivity index is 1.21. The van der Waals surface area contributed by atoms with E-state index in [2.05, 4.69) is 139 Å². The summed E-state index contributed by atoms with van der Waals surface area (Å²) in [6, 6.07) is 56.9. The van der Waals surface area contributed by atoms with Crippen molar-refractivity contribution in [3.8, 4) is 22.3 Å². The third-order valence-electron chi connectivity index (χ3n) is 8.93. The average molecular weight is 604 g/mol. The number of para-hydroxylation sites is 1. The molecule has 8 aromatic rings. The summed E-state index contributed by atoms with van der Waals surface area (Å²) in [6.45, 7) is 0. The first-order valence-electron chi connectivity index (χ1n) is 15.9. The molecule has 1 unspecified atom stereocenters. The van der Waals surface area contributed by atoms with Crippen molar-refractivity contribution in [2.75, 3.05) is 0 Å². The van der Waals surface area contributed by atoms with Gasteiger partial charge in [0, 0.05) is 27.5 Å². The highest BCUT2D eigenvalue weighted by atomic mass is 16.3. The van der Waals surface area contributed by atoms with Gasteiger partial charge in [-0.1, -0.05) is 133 Å². The van der Waals surface area contributed by atoms with Crippen LogP contribution < -0.4 is 5.32 Å². The number of nitrogens with one attached hydrogen (secondary N) is 1. The van der Waals surface area contributed by atoms with Gasteiger partial charge in [-0.3, -0.25) is 0 Å². The highest BCUT2D eigenvalue weighted by Crippen LogP contribution is 2.39. The molecular weight excluding hydrogens is 574 g/mol. The quantitative estimate of drug-likeness (QED) is 0.213. The number of amidine groups is 2. The fraction of sp³-hybridized carbons (Fsp3) is 0.0233. The largest absolute Gasteiger partial charge is 0.455 e. The number of aliphatic imine (C=N–C) groups is 2. The van der Waals surface area contributed by atoms with Crippen LogP contribution in [0.3, 0.4) is 0 Å². The molecule has 9 rings (SSSR count). The van der Waals surface area contributed by atoms with Gasteiger partial charge in [0.2, 0.25) is 0 Å². The lowest BCUT2D eigenvalue weighted by atomic mass is 9.97. The van der Waals surface area contributed by atoms with Gasteiger partial charge in [-0.2, -0.15) is 0 Å². The first-order valence-corrected chi connectivity index (χ1v) is 15.9. The van der Waals surface area contributed by atoms with Crippen LogP contribution in [0.2, 0.25) is 0 Å². The SMILES string of the molecule is c1ccc(-c2ccc3cc(C4=NC(c5ccc(-c6ccccc6)c6oc7ccccc7c56)=NC(c5ccccc5)N4)ccc3c2)cc1. The van der Waals surface area contributed by atoms with Crippen LogP contribution in [0.15, 0.2) is 178 Å². The maximum atomic E-state index is 6.56. The summed E-state index contributed by atoms with van der Waals surface area (Å²) in [6.07, 6.45) is -0.308. The summed E-state index contributed by atoms with van der Waals surface area (Å²) in [5.41, 5.74) is 9.26. The molecule has 1 atom stereocenters. The molecule has 1 N–H and O–H groups in total. The third-order valence-corrected chi connectivity index (χ3v) is 8.93. The smallest absolute Gasteiger partial charge is 0.160 e. The van der Waals surface area contributed by atoms with Crippen LogP contribution in [0.25, 0.3) is 55.0 Å². The van der Waals surface area contributed by atoms with Gasteiger partial charge in [0.1, 0.15) is 23.2 Å². The molecule has 0 fully saturated rings. The van der Waals surface area contributed by atoms with Crippen molar-refractivity contribution >= 4 is 44.4 Å². The van der Waals surface area contributed by atoms with Crippen molar-refractivity contribution in [3.63, 3.8) is 0 Å². The van der Waals surface area contributed by atoms with Gasteiger partial charge in [0.15, 0.2) is 5.84 Å². The lowest BCUT2D eigenvalue weighted by Gasteiger charge is -2.24. The monoisotopic (exact) mass is 603 g/mol. The van der Waals surface area contributed by atoms with Gasteiger partial charge in [0.25, 0.3) is 0 Å². The van der Waals surface area contributed by atoms with Crippen molar-refractivity contribution in [2.45, 2.75) is 6.17 Å². The zero-order valence-electron chi connectivity index (χ0n) is 25.5. The second-order valence-corrected chi connectivity index (χ2v) is 11.8. The molecule has 1 aliphatic rings. The second kappa shape index (κ2) is 11.3. The Kier molecular flexibility index (Phi) is 6.50. The minimum absolute atomic E-state index is 0.308. The first kappa shape index (κ1) is 27.1. The Bertz CT molecular complexity index is 2480. The number of benzene rings is 7. The Morgan fingerprint density at radius 3 is 1.89 bits per heavy atom. The summed E-state index contributed by atoms with van der Waals surface area (Å²) in [5, 5.41) is 8.05. The van der Waals surface area contributed by atoms with Crippen molar-refractivity contribution in [1.82, 2.24) is 5.32 Å². The molecule has 0 saturated heterocycles. The fourth-order valence-electron chi connectivity index (χ4n) is 6.58. The van der Waals surface area contributed by atoms with Crippen LogP contribution in [-0.4, -0.2) is 11.7 Å². The van der Waals surface area contributed by atoms with E-state index in [1.54, 1.807) is 0 Å². The highest BCUT2D eigenvalue weighted by Gasteiger charge is 2.25. The first-order chi connectivity index (χ1) is 23.3. The van der Waals surface area contributed by atoms with Crippen LogP contribution in [0.5, 0.6) is 0 Å². The van der Waals surface area contributed by atoms with Crippen LogP contribution >= 0.6 is 0 Å². The summed E-state index contributed by atoms with van der Waals surface area (Å²) >= 11 is 0. The van der Waals surface area contributed by atoms with E-state index >= 15 is 0 Å². The number of nitrogens with zero attached hydrogens (tertiary/aromatic N) is 2. The summed E-state index contributed by atoms with van der Waals surface area (Å²) in [7, 11) is 0. The molecule has 47 heavy (non-hydrogen) atoms. The molecule has 4 heteroatoms. The fourth-order valence-corrected chi connectivity index (χ4v) is 6.58. The van der Waals surface area contributed by atoms with E-state index in [9.17, 15) is 0 Å². The van der Waals surface area contributed by atoms with E-state index in [1.165, 1.54) is 16.5 Å². The number of fused-ring (bicyclic) bond motifs is 4. The molecule has 0 aliphatic carbocycles. The molecular formula is C43H29N3O. The predicted molar refractivity (Wildman–Crippen MR) is 194 cm³/mol. The van der Waals surface area contributed by atoms with Crippen molar-refractivity contribution in [1.29, 1.82) is 0 Å². The highest BCUT2D eigenvalue weighted by molar-refractivity contribution is 6.23. The van der Waals surface area contributed by atoms with E-state index in [4.69, 9.17) is 14.4 Å². The molecule has 1 aromatic heterocycles. The standard InChI is InChI=1S/C43H29N3O/c1-4-12-28(13-5-1)31-20-21-33-27-34(23-22-32(33)26-31)42-44-41(30-16-8-3-9-17-30)45-43(46-42)37-25-24-35(29-14-6-2-7-15-29)40-39(37)36-18-10-11-19-38(36)47-40/h1-27,41H,(H,44,45,46). The normalized spacial score (nSPS) is 14.6. The van der Waals surface area contributed by atoms with Crippen LogP contribution in [0, 0.1) is 0 Å². The Morgan fingerprint density at radius 2 is 1.13 bits per heavy atom. The van der Waals surface area contributed by atoms with Gasteiger partial charge in [-0.15, -0.1) is 0 Å². The van der Waals surface area contributed by atoms with Crippen LogP contribution in [0.1, 0.15) is 22.9 Å². The van der Waals surface area contributed by atoms with Crippen molar-refractivity contribution in [3.05, 3.63) is 180 Å². The van der Waals surface area contributed by atoms with Gasteiger partial charge in [-0.25, -0.2) is 9.98 Å². The zero-order valence-corrected chi connectivity index (χ0v) is 25.5. The van der Waals surface area contributed by atoms with E-state index in [0.29, 0.717) is 5.84 Å². The zero-order chi connectivity index (χ0) is 31.2. The molecule has 0 radical (unpaired) electrons. The predicted octanol–water partition coefficient (Wildman–Crippen LogP) is 10.6.